The lowest BCUT2D eigenvalue weighted by Crippen LogP contribution is -2.50. The van der Waals surface area contributed by atoms with Gasteiger partial charge in [-0.25, -0.2) is 0 Å². The summed E-state index contributed by atoms with van der Waals surface area (Å²) < 4.78 is 5.20. The third-order valence-electron chi connectivity index (χ3n) is 5.24. The van der Waals surface area contributed by atoms with Crippen molar-refractivity contribution in [3.8, 4) is 17.0 Å². The number of hydrogen-bond acceptors (Lipinski definition) is 4. The maximum Gasteiger partial charge on any atom is 0.254 e. The van der Waals surface area contributed by atoms with Crippen LogP contribution in [0, 0.1) is 0 Å². The first-order valence-electron chi connectivity index (χ1n) is 9.90. The van der Waals surface area contributed by atoms with Crippen molar-refractivity contribution in [1.29, 1.82) is 0 Å². The predicted molar refractivity (Wildman–Crippen MR) is 114 cm³/mol. The molecule has 1 saturated heterocycles. The highest BCUT2D eigenvalue weighted by atomic mass is 16.5. The van der Waals surface area contributed by atoms with E-state index >= 15 is 0 Å². The molecule has 2 aromatic carbocycles. The Bertz CT molecular complexity index is 1040. The number of carbonyl (C=O) groups is 2. The molecule has 0 unspecified atom stereocenters. The van der Waals surface area contributed by atoms with Crippen molar-refractivity contribution in [3.63, 3.8) is 0 Å². The van der Waals surface area contributed by atoms with Crippen molar-refractivity contribution in [1.82, 2.24) is 14.8 Å². The summed E-state index contributed by atoms with van der Waals surface area (Å²) in [5, 5.41) is 0. The highest BCUT2D eigenvalue weighted by molar-refractivity contribution is 5.96. The Morgan fingerprint density at radius 2 is 1.43 bits per heavy atom. The van der Waals surface area contributed by atoms with Gasteiger partial charge in [-0.1, -0.05) is 24.3 Å². The van der Waals surface area contributed by atoms with Gasteiger partial charge in [0.15, 0.2) is 0 Å². The summed E-state index contributed by atoms with van der Waals surface area (Å²) >= 11 is 0. The molecule has 0 spiro atoms. The number of nitrogens with zero attached hydrogens (tertiary/aromatic N) is 3. The Morgan fingerprint density at radius 3 is 2.03 bits per heavy atom. The van der Waals surface area contributed by atoms with Crippen molar-refractivity contribution < 1.29 is 14.3 Å². The molecule has 0 aliphatic carbocycles. The van der Waals surface area contributed by atoms with E-state index in [1.54, 1.807) is 41.3 Å². The molecule has 0 bridgehead atoms. The number of methoxy groups -OCH3 is 1. The Morgan fingerprint density at radius 1 is 0.800 bits per heavy atom. The van der Waals surface area contributed by atoms with Crippen LogP contribution >= 0.6 is 0 Å². The topological polar surface area (TPSA) is 62.7 Å². The first-order chi connectivity index (χ1) is 14.7. The molecule has 6 nitrogen and oxygen atoms in total. The molecule has 6 heteroatoms. The Hall–Kier alpha value is -3.67. The SMILES string of the molecule is COc1cccc(C(=O)N2CCN(C(=O)c3cccc(-c4ccccn4)c3)CC2)c1. The zero-order chi connectivity index (χ0) is 20.9. The molecule has 152 valence electrons. The van der Waals surface area contributed by atoms with Crippen LogP contribution in [0.15, 0.2) is 72.9 Å². The van der Waals surface area contributed by atoms with Crippen molar-refractivity contribution in [2.24, 2.45) is 0 Å². The van der Waals surface area contributed by atoms with Crippen LogP contribution in [-0.2, 0) is 0 Å². The number of hydrogen-bond donors (Lipinski definition) is 0. The van der Waals surface area contributed by atoms with Gasteiger partial charge in [0.05, 0.1) is 12.8 Å². The lowest BCUT2D eigenvalue weighted by atomic mass is 10.1. The van der Waals surface area contributed by atoms with Gasteiger partial charge in [0, 0.05) is 49.1 Å². The molecule has 2 heterocycles. The smallest absolute Gasteiger partial charge is 0.254 e. The largest absolute Gasteiger partial charge is 0.497 e. The molecular weight excluding hydrogens is 378 g/mol. The maximum atomic E-state index is 13.0. The van der Waals surface area contributed by atoms with E-state index in [9.17, 15) is 9.59 Å². The second kappa shape index (κ2) is 8.78. The summed E-state index contributed by atoms with van der Waals surface area (Å²) in [6, 6.07) is 20.4. The van der Waals surface area contributed by atoms with Gasteiger partial charge in [0.1, 0.15) is 5.75 Å². The number of piperazine rings is 1. The van der Waals surface area contributed by atoms with Gasteiger partial charge >= 0.3 is 0 Å². The number of aromatic nitrogens is 1. The first-order valence-corrected chi connectivity index (χ1v) is 9.90. The minimum Gasteiger partial charge on any atom is -0.497 e. The molecule has 0 radical (unpaired) electrons. The fourth-order valence-corrected chi connectivity index (χ4v) is 3.58. The minimum atomic E-state index is -0.0434. The monoisotopic (exact) mass is 401 g/mol. The Balaban J connectivity index is 1.42. The van der Waals surface area contributed by atoms with Crippen molar-refractivity contribution in [3.05, 3.63) is 84.1 Å². The van der Waals surface area contributed by atoms with Crippen molar-refractivity contribution >= 4 is 11.8 Å². The number of amides is 2. The summed E-state index contributed by atoms with van der Waals surface area (Å²) in [5.74, 6) is 0.585. The highest BCUT2D eigenvalue weighted by Gasteiger charge is 2.25. The van der Waals surface area contributed by atoms with Gasteiger partial charge in [0.2, 0.25) is 0 Å². The number of ether oxygens (including phenoxy) is 1. The van der Waals surface area contributed by atoms with Crippen LogP contribution in [-0.4, -0.2) is 59.9 Å². The van der Waals surface area contributed by atoms with Crippen LogP contribution in [0.2, 0.25) is 0 Å². The molecule has 30 heavy (non-hydrogen) atoms. The summed E-state index contributed by atoms with van der Waals surface area (Å²) in [5.41, 5.74) is 2.97. The average Bonchev–Trinajstić information content (AvgIpc) is 2.84. The van der Waals surface area contributed by atoms with Crippen LogP contribution in [0.1, 0.15) is 20.7 Å². The van der Waals surface area contributed by atoms with Crippen molar-refractivity contribution in [2.45, 2.75) is 0 Å². The first kappa shape index (κ1) is 19.6. The molecule has 1 aromatic heterocycles. The fourth-order valence-electron chi connectivity index (χ4n) is 3.58. The van der Waals surface area contributed by atoms with Crippen molar-refractivity contribution in [2.75, 3.05) is 33.3 Å². The molecule has 0 saturated carbocycles. The molecule has 1 aliphatic heterocycles. The summed E-state index contributed by atoms with van der Waals surface area (Å²) in [6.07, 6.45) is 1.74. The van der Waals surface area contributed by atoms with Crippen LogP contribution < -0.4 is 4.74 Å². The number of carbonyl (C=O) groups excluding carboxylic acids is 2. The van der Waals surface area contributed by atoms with Gasteiger partial charge in [0.25, 0.3) is 11.8 Å². The molecule has 3 aromatic rings. The average molecular weight is 401 g/mol. The van der Waals surface area contributed by atoms with Crippen LogP contribution in [0.3, 0.4) is 0 Å². The van der Waals surface area contributed by atoms with Gasteiger partial charge in [-0.15, -0.1) is 0 Å². The second-order valence-corrected chi connectivity index (χ2v) is 7.11. The van der Waals surface area contributed by atoms with E-state index in [4.69, 9.17) is 4.74 Å². The summed E-state index contributed by atoms with van der Waals surface area (Å²) in [4.78, 5) is 33.7. The molecule has 1 fully saturated rings. The quantitative estimate of drug-likeness (QED) is 0.673. The van der Waals surface area contributed by atoms with Crippen LogP contribution in [0.25, 0.3) is 11.3 Å². The lowest BCUT2D eigenvalue weighted by molar-refractivity contribution is 0.0535. The molecule has 4 rings (SSSR count). The molecule has 1 aliphatic rings. The number of pyridine rings is 1. The van der Waals surface area contributed by atoms with E-state index in [1.165, 1.54) is 0 Å². The normalized spacial score (nSPS) is 13.8. The highest BCUT2D eigenvalue weighted by Crippen LogP contribution is 2.20. The van der Waals surface area contributed by atoms with Crippen LogP contribution in [0.5, 0.6) is 5.75 Å². The second-order valence-electron chi connectivity index (χ2n) is 7.11. The summed E-state index contributed by atoms with van der Waals surface area (Å²) in [6.45, 7) is 2.01. The van der Waals surface area contributed by atoms with Gasteiger partial charge in [-0.05, 0) is 42.5 Å². The van der Waals surface area contributed by atoms with Gasteiger partial charge < -0.3 is 14.5 Å². The number of rotatable bonds is 4. The van der Waals surface area contributed by atoms with E-state index in [0.29, 0.717) is 43.1 Å². The third-order valence-corrected chi connectivity index (χ3v) is 5.24. The lowest BCUT2D eigenvalue weighted by Gasteiger charge is -2.35. The van der Waals surface area contributed by atoms with Gasteiger partial charge in [-0.3, -0.25) is 14.6 Å². The van der Waals surface area contributed by atoms with E-state index in [2.05, 4.69) is 4.98 Å². The third kappa shape index (κ3) is 4.17. The number of benzene rings is 2. The van der Waals surface area contributed by atoms with E-state index in [-0.39, 0.29) is 11.8 Å². The molecule has 2 amide bonds. The van der Waals surface area contributed by atoms with E-state index in [0.717, 1.165) is 11.3 Å². The molecule has 0 N–H and O–H groups in total. The van der Waals surface area contributed by atoms with Crippen LogP contribution in [0.4, 0.5) is 0 Å². The molecule has 0 atom stereocenters. The maximum absolute atomic E-state index is 13.0. The molecular formula is C24H23N3O3. The zero-order valence-electron chi connectivity index (χ0n) is 16.8. The summed E-state index contributed by atoms with van der Waals surface area (Å²) in [7, 11) is 1.58. The fraction of sp³-hybridized carbons (Fsp3) is 0.208. The van der Waals surface area contributed by atoms with E-state index in [1.807, 2.05) is 48.5 Å². The zero-order valence-corrected chi connectivity index (χ0v) is 16.8. The minimum absolute atomic E-state index is 0.0266. The Kier molecular flexibility index (Phi) is 5.75. The Labute approximate surface area is 175 Å². The van der Waals surface area contributed by atoms with Gasteiger partial charge in [-0.2, -0.15) is 0 Å². The van der Waals surface area contributed by atoms with E-state index < -0.39 is 0 Å². The standard InChI is InChI=1S/C24H23N3O3/c1-30-21-9-5-8-20(17-21)24(29)27-14-12-26(13-15-27)23(28)19-7-4-6-18(16-19)22-10-2-3-11-25-22/h2-11,16-17H,12-15H2,1H3. The predicted octanol–water partition coefficient (Wildman–Crippen LogP) is 3.36.